The standard InChI is InChI=1S/C31H32N4O4P2/c1-6-32-28(36)22-13-7-8-14-23(22)29(37)33(32)19(2)40(5)26-17-11-12-18-27(26)41-20(3)34-30(38)24-15-9-10-16-25(24)31(39)35(34)21(41)4/h7-21H,6H2,1-5H3/t19?,20-,21?,40?,41?/m0/s1. The van der Waals surface area contributed by atoms with Crippen molar-refractivity contribution < 1.29 is 0 Å². The molecule has 0 saturated heterocycles. The van der Waals surface area contributed by atoms with Gasteiger partial charge in [-0.2, -0.15) is 0 Å². The summed E-state index contributed by atoms with van der Waals surface area (Å²) in [5, 5.41) is 3.99. The summed E-state index contributed by atoms with van der Waals surface area (Å²) in [5.41, 5.74) is -0.644. The van der Waals surface area contributed by atoms with Gasteiger partial charge >= 0.3 is 0 Å². The summed E-state index contributed by atoms with van der Waals surface area (Å²) in [7, 11) is -1.97. The van der Waals surface area contributed by atoms with Crippen LogP contribution in [0.4, 0.5) is 0 Å². The minimum Gasteiger partial charge on any atom is -0.267 e. The Morgan fingerprint density at radius 3 is 1.66 bits per heavy atom. The number of fused-ring (bicyclic) bond motifs is 3. The van der Waals surface area contributed by atoms with Crippen molar-refractivity contribution in [3.05, 3.63) is 114 Å². The van der Waals surface area contributed by atoms with Crippen molar-refractivity contribution in [1.29, 1.82) is 0 Å². The molecule has 0 N–H and O–H groups in total. The lowest BCUT2D eigenvalue weighted by molar-refractivity contribution is 0.438. The van der Waals surface area contributed by atoms with Crippen LogP contribution in [0.25, 0.3) is 21.5 Å². The molecule has 0 amide bonds. The number of benzene rings is 3. The second kappa shape index (κ2) is 10.3. The Morgan fingerprint density at radius 2 is 1.15 bits per heavy atom. The molecule has 3 heterocycles. The third-order valence-electron chi connectivity index (χ3n) is 8.39. The molecule has 41 heavy (non-hydrogen) atoms. The van der Waals surface area contributed by atoms with E-state index in [1.165, 1.54) is 0 Å². The van der Waals surface area contributed by atoms with E-state index in [9.17, 15) is 19.2 Å². The number of hydrogen-bond donors (Lipinski definition) is 0. The van der Waals surface area contributed by atoms with E-state index in [0.717, 1.165) is 10.6 Å². The zero-order chi connectivity index (χ0) is 29.2. The van der Waals surface area contributed by atoms with E-state index in [1.54, 1.807) is 67.3 Å². The molecule has 10 heteroatoms. The maximum absolute atomic E-state index is 13.8. The van der Waals surface area contributed by atoms with Gasteiger partial charge in [0.05, 0.1) is 38.9 Å². The SMILES string of the molecule is CCn1c(=O)c2ccccc2c(=O)n1C(C)P(C)c1ccccc1P1C(C)n2c(=O)c3ccccc3c(=O)n2[C@@H]1C. The molecule has 4 unspecified atom stereocenters. The minimum atomic E-state index is -0.999. The van der Waals surface area contributed by atoms with Crippen molar-refractivity contribution in [3.8, 4) is 0 Å². The molecule has 3 aromatic carbocycles. The van der Waals surface area contributed by atoms with E-state index in [1.807, 2.05) is 39.8 Å². The molecule has 0 radical (unpaired) electrons. The Hall–Kier alpha value is -3.60. The van der Waals surface area contributed by atoms with Gasteiger partial charge in [0.15, 0.2) is 0 Å². The van der Waals surface area contributed by atoms with Gasteiger partial charge in [0.2, 0.25) is 0 Å². The monoisotopic (exact) mass is 586 g/mol. The van der Waals surface area contributed by atoms with Crippen LogP contribution in [0.5, 0.6) is 0 Å². The number of nitrogens with zero attached hydrogens (tertiary/aromatic N) is 4. The lowest BCUT2D eigenvalue weighted by Crippen LogP contribution is -2.40. The van der Waals surface area contributed by atoms with Crippen LogP contribution in [-0.4, -0.2) is 25.4 Å². The molecule has 5 atom stereocenters. The highest BCUT2D eigenvalue weighted by atomic mass is 31.1. The zero-order valence-electron chi connectivity index (χ0n) is 23.7. The van der Waals surface area contributed by atoms with Crippen molar-refractivity contribution in [3.63, 3.8) is 0 Å². The average molecular weight is 587 g/mol. The minimum absolute atomic E-state index is 0.149. The molecule has 210 valence electrons. The molecule has 0 fully saturated rings. The maximum atomic E-state index is 13.8. The van der Waals surface area contributed by atoms with E-state index in [4.69, 9.17) is 0 Å². The summed E-state index contributed by atoms with van der Waals surface area (Å²) in [6, 6.07) is 22.2. The van der Waals surface area contributed by atoms with Crippen LogP contribution in [0.2, 0.25) is 0 Å². The Labute approximate surface area is 238 Å². The predicted molar refractivity (Wildman–Crippen MR) is 170 cm³/mol. The van der Waals surface area contributed by atoms with Gasteiger partial charge in [-0.3, -0.25) is 19.2 Å². The first-order valence-corrected chi connectivity index (χ1v) is 17.1. The molecule has 0 aliphatic carbocycles. The van der Waals surface area contributed by atoms with Crippen LogP contribution in [0.15, 0.2) is 92.0 Å². The summed E-state index contributed by atoms with van der Waals surface area (Å²) in [5.74, 6) is -0.654. The summed E-state index contributed by atoms with van der Waals surface area (Å²) < 4.78 is 6.51. The fourth-order valence-electron chi connectivity index (χ4n) is 6.29. The second-order valence-electron chi connectivity index (χ2n) is 10.5. The summed E-state index contributed by atoms with van der Waals surface area (Å²) in [4.78, 5) is 54.4. The topological polar surface area (TPSA) is 88.0 Å². The van der Waals surface area contributed by atoms with Gasteiger partial charge in [0.1, 0.15) is 0 Å². The first kappa shape index (κ1) is 27.6. The van der Waals surface area contributed by atoms with Gasteiger partial charge in [0, 0.05) is 6.54 Å². The predicted octanol–water partition coefficient (Wildman–Crippen LogP) is 4.47. The Kier molecular flexibility index (Phi) is 6.96. The smallest absolute Gasteiger partial charge is 0.267 e. The van der Waals surface area contributed by atoms with E-state index < -0.39 is 15.8 Å². The maximum Gasteiger partial charge on any atom is 0.273 e. The number of aromatic nitrogens is 4. The molecule has 1 aliphatic rings. The first-order chi connectivity index (χ1) is 19.7. The molecule has 0 spiro atoms. The third-order valence-corrected chi connectivity index (χ3v) is 14.1. The Balaban J connectivity index is 1.49. The quantitative estimate of drug-likeness (QED) is 0.285. The van der Waals surface area contributed by atoms with Gasteiger partial charge in [0.25, 0.3) is 22.2 Å². The van der Waals surface area contributed by atoms with E-state index in [0.29, 0.717) is 28.1 Å². The van der Waals surface area contributed by atoms with Gasteiger partial charge in [-0.1, -0.05) is 56.5 Å². The van der Waals surface area contributed by atoms with Gasteiger partial charge < -0.3 is 0 Å². The Bertz CT molecular complexity index is 2010. The molecule has 8 nitrogen and oxygen atoms in total. The molecular formula is C31H32N4O4P2. The van der Waals surface area contributed by atoms with E-state index in [2.05, 4.69) is 18.8 Å². The lowest BCUT2D eigenvalue weighted by atomic mass is 10.2. The molecule has 6 rings (SSSR count). The Morgan fingerprint density at radius 1 is 0.707 bits per heavy atom. The molecule has 2 aromatic heterocycles. The van der Waals surface area contributed by atoms with Crippen LogP contribution >= 0.6 is 15.8 Å². The zero-order valence-corrected chi connectivity index (χ0v) is 25.5. The van der Waals surface area contributed by atoms with Crippen LogP contribution in [0.3, 0.4) is 0 Å². The summed E-state index contributed by atoms with van der Waals surface area (Å²) >= 11 is 0. The highest BCUT2D eigenvalue weighted by Gasteiger charge is 2.40. The molecule has 0 saturated carbocycles. The average Bonchev–Trinajstić information content (AvgIpc) is 3.26. The van der Waals surface area contributed by atoms with Gasteiger partial charge in [-0.15, -0.1) is 0 Å². The molecule has 1 aliphatic heterocycles. The van der Waals surface area contributed by atoms with Crippen LogP contribution < -0.4 is 32.8 Å². The van der Waals surface area contributed by atoms with Crippen molar-refractivity contribution >= 4 is 48.0 Å². The van der Waals surface area contributed by atoms with Crippen LogP contribution in [0.1, 0.15) is 45.0 Å². The van der Waals surface area contributed by atoms with Crippen molar-refractivity contribution in [2.24, 2.45) is 0 Å². The largest absolute Gasteiger partial charge is 0.273 e. The molecular weight excluding hydrogens is 554 g/mol. The normalized spacial score (nSPS) is 19.9. The van der Waals surface area contributed by atoms with Crippen molar-refractivity contribution in [2.45, 2.75) is 51.6 Å². The number of rotatable bonds is 5. The summed E-state index contributed by atoms with van der Waals surface area (Å²) in [6.07, 6.45) is 0. The lowest BCUT2D eigenvalue weighted by Gasteiger charge is -2.30. The number of hydrogen-bond acceptors (Lipinski definition) is 4. The van der Waals surface area contributed by atoms with Crippen molar-refractivity contribution in [1.82, 2.24) is 18.7 Å². The third kappa shape index (κ3) is 4.03. The highest BCUT2D eigenvalue weighted by Crippen LogP contribution is 2.60. The van der Waals surface area contributed by atoms with E-state index >= 15 is 0 Å². The fourth-order valence-corrected chi connectivity index (χ4v) is 11.8. The first-order valence-electron chi connectivity index (χ1n) is 13.8. The van der Waals surface area contributed by atoms with Crippen molar-refractivity contribution in [2.75, 3.05) is 6.66 Å². The van der Waals surface area contributed by atoms with Crippen LogP contribution in [-0.2, 0) is 6.54 Å². The van der Waals surface area contributed by atoms with Gasteiger partial charge in [-0.05, 0) is 77.2 Å². The van der Waals surface area contributed by atoms with E-state index in [-0.39, 0.29) is 39.6 Å². The second-order valence-corrected chi connectivity index (χ2v) is 15.7. The molecule has 0 bridgehead atoms. The fraction of sp³-hybridized carbons (Fsp3) is 0.290. The summed E-state index contributed by atoms with van der Waals surface area (Å²) in [6.45, 7) is 10.5. The highest BCUT2D eigenvalue weighted by molar-refractivity contribution is 7.71. The van der Waals surface area contributed by atoms with Crippen LogP contribution in [0, 0.1) is 0 Å². The van der Waals surface area contributed by atoms with Gasteiger partial charge in [-0.25, -0.2) is 18.7 Å². The molecule has 5 aromatic rings.